The second kappa shape index (κ2) is 5.62. The Bertz CT molecular complexity index is 471. The summed E-state index contributed by atoms with van der Waals surface area (Å²) in [6.45, 7) is 2.18. The summed E-state index contributed by atoms with van der Waals surface area (Å²) in [5.41, 5.74) is 4.01. The zero-order valence-corrected chi connectivity index (χ0v) is 10.1. The summed E-state index contributed by atoms with van der Waals surface area (Å²) in [6, 6.07) is 15.3. The van der Waals surface area contributed by atoms with Gasteiger partial charge in [0.05, 0.1) is 0 Å². The first-order valence-electron chi connectivity index (χ1n) is 6.11. The fraction of sp³-hybridized carbons (Fsp3) is 0.250. The molecule has 1 heteroatoms. The first kappa shape index (κ1) is 11.8. The van der Waals surface area contributed by atoms with Gasteiger partial charge >= 0.3 is 0 Å². The van der Waals surface area contributed by atoms with Crippen LogP contribution in [-0.2, 0) is 19.3 Å². The lowest BCUT2D eigenvalue weighted by Crippen LogP contribution is -1.96. The van der Waals surface area contributed by atoms with E-state index in [1.165, 1.54) is 28.8 Å². The topological polar surface area (TPSA) is 0 Å². The molecule has 0 radical (unpaired) electrons. The highest BCUT2D eigenvalue weighted by Crippen LogP contribution is 2.13. The molecule has 0 fully saturated rings. The molecule has 0 bridgehead atoms. The molecule has 0 aliphatic carbocycles. The summed E-state index contributed by atoms with van der Waals surface area (Å²) in [7, 11) is 0. The van der Waals surface area contributed by atoms with Crippen LogP contribution in [0, 0.1) is 5.82 Å². The van der Waals surface area contributed by atoms with Crippen molar-refractivity contribution >= 4 is 0 Å². The monoisotopic (exact) mass is 228 g/mol. The highest BCUT2D eigenvalue weighted by Gasteiger charge is 2.00. The van der Waals surface area contributed by atoms with Gasteiger partial charge < -0.3 is 0 Å². The normalized spacial score (nSPS) is 10.5. The Hall–Kier alpha value is -1.63. The van der Waals surface area contributed by atoms with E-state index in [2.05, 4.69) is 31.2 Å². The van der Waals surface area contributed by atoms with E-state index in [0.717, 1.165) is 19.3 Å². The Kier molecular flexibility index (Phi) is 3.92. The number of rotatable bonds is 4. The van der Waals surface area contributed by atoms with Crippen LogP contribution in [0.5, 0.6) is 0 Å². The molecule has 0 spiro atoms. The van der Waals surface area contributed by atoms with Crippen LogP contribution in [0.25, 0.3) is 0 Å². The van der Waals surface area contributed by atoms with E-state index < -0.39 is 0 Å². The van der Waals surface area contributed by atoms with Crippen molar-refractivity contribution in [3.8, 4) is 0 Å². The highest BCUT2D eigenvalue weighted by atomic mass is 19.1. The molecular weight excluding hydrogens is 211 g/mol. The van der Waals surface area contributed by atoms with Crippen LogP contribution in [0.15, 0.2) is 48.5 Å². The maximum atomic E-state index is 12.8. The molecule has 0 unspecified atom stereocenters. The Balaban J connectivity index is 2.04. The van der Waals surface area contributed by atoms with Crippen molar-refractivity contribution in [1.82, 2.24) is 0 Å². The maximum absolute atomic E-state index is 12.8. The van der Waals surface area contributed by atoms with Crippen LogP contribution < -0.4 is 0 Å². The van der Waals surface area contributed by atoms with Gasteiger partial charge in [0.15, 0.2) is 0 Å². The van der Waals surface area contributed by atoms with Crippen molar-refractivity contribution in [2.24, 2.45) is 0 Å². The molecule has 0 aliphatic rings. The standard InChI is InChI=1S/C16H17F/c1-2-14-5-3-4-6-15(14)10-7-13-8-11-16(17)12-9-13/h3-6,8-9,11-12H,2,7,10H2,1H3. The van der Waals surface area contributed by atoms with E-state index in [1.807, 2.05) is 12.1 Å². The summed E-state index contributed by atoms with van der Waals surface area (Å²) >= 11 is 0. The molecule has 0 aromatic heterocycles. The van der Waals surface area contributed by atoms with Crippen LogP contribution in [0.4, 0.5) is 4.39 Å². The number of hydrogen-bond acceptors (Lipinski definition) is 0. The van der Waals surface area contributed by atoms with Gasteiger partial charge in [0.1, 0.15) is 5.82 Å². The van der Waals surface area contributed by atoms with Gasteiger partial charge in [0.2, 0.25) is 0 Å². The van der Waals surface area contributed by atoms with E-state index in [9.17, 15) is 4.39 Å². The second-order valence-electron chi connectivity index (χ2n) is 4.25. The lowest BCUT2D eigenvalue weighted by atomic mass is 9.98. The highest BCUT2D eigenvalue weighted by molar-refractivity contribution is 5.28. The van der Waals surface area contributed by atoms with Crippen molar-refractivity contribution in [3.05, 3.63) is 71.0 Å². The Morgan fingerprint density at radius 1 is 0.824 bits per heavy atom. The summed E-state index contributed by atoms with van der Waals surface area (Å²) in [5.74, 6) is -0.164. The molecule has 17 heavy (non-hydrogen) atoms. The first-order valence-corrected chi connectivity index (χ1v) is 6.11. The van der Waals surface area contributed by atoms with Crippen LogP contribution in [-0.4, -0.2) is 0 Å². The van der Waals surface area contributed by atoms with Gasteiger partial charge in [-0.15, -0.1) is 0 Å². The van der Waals surface area contributed by atoms with Crippen LogP contribution in [0.1, 0.15) is 23.6 Å². The molecule has 0 heterocycles. The van der Waals surface area contributed by atoms with Crippen LogP contribution >= 0.6 is 0 Å². The molecule has 0 nitrogen and oxygen atoms in total. The predicted molar refractivity (Wildman–Crippen MR) is 69.6 cm³/mol. The van der Waals surface area contributed by atoms with Gasteiger partial charge in [-0.05, 0) is 48.1 Å². The molecule has 0 aliphatic heterocycles. The molecule has 2 aromatic rings. The average Bonchev–Trinajstić information content (AvgIpc) is 2.38. The third-order valence-electron chi connectivity index (χ3n) is 3.10. The molecule has 0 saturated heterocycles. The predicted octanol–water partition coefficient (Wildman–Crippen LogP) is 4.17. The van der Waals surface area contributed by atoms with Crippen molar-refractivity contribution in [3.63, 3.8) is 0 Å². The molecule has 0 atom stereocenters. The smallest absolute Gasteiger partial charge is 0.123 e. The minimum Gasteiger partial charge on any atom is -0.207 e. The van der Waals surface area contributed by atoms with Crippen molar-refractivity contribution in [2.45, 2.75) is 26.2 Å². The van der Waals surface area contributed by atoms with Gasteiger partial charge in [-0.1, -0.05) is 43.3 Å². The van der Waals surface area contributed by atoms with Crippen LogP contribution in [0.3, 0.4) is 0 Å². The van der Waals surface area contributed by atoms with E-state index in [0.29, 0.717) is 0 Å². The third-order valence-corrected chi connectivity index (χ3v) is 3.10. The lowest BCUT2D eigenvalue weighted by molar-refractivity contribution is 0.627. The SMILES string of the molecule is CCc1ccccc1CCc1ccc(F)cc1. The molecule has 2 rings (SSSR count). The molecule has 88 valence electrons. The Labute approximate surface area is 102 Å². The largest absolute Gasteiger partial charge is 0.207 e. The molecular formula is C16H17F. The van der Waals surface area contributed by atoms with Gasteiger partial charge in [0, 0.05) is 0 Å². The zero-order chi connectivity index (χ0) is 12.1. The van der Waals surface area contributed by atoms with Gasteiger partial charge in [-0.3, -0.25) is 0 Å². The fourth-order valence-corrected chi connectivity index (χ4v) is 2.08. The fourth-order valence-electron chi connectivity index (χ4n) is 2.08. The number of benzene rings is 2. The summed E-state index contributed by atoms with van der Waals surface area (Å²) in [5, 5.41) is 0. The molecule has 0 amide bonds. The molecule has 2 aromatic carbocycles. The Morgan fingerprint density at radius 3 is 2.12 bits per heavy atom. The van der Waals surface area contributed by atoms with Crippen molar-refractivity contribution < 1.29 is 4.39 Å². The maximum Gasteiger partial charge on any atom is 0.123 e. The van der Waals surface area contributed by atoms with Crippen LogP contribution in [0.2, 0.25) is 0 Å². The third kappa shape index (κ3) is 3.16. The summed E-state index contributed by atoms with van der Waals surface area (Å²) < 4.78 is 12.8. The van der Waals surface area contributed by atoms with Gasteiger partial charge in [-0.2, -0.15) is 0 Å². The summed E-state index contributed by atoms with van der Waals surface area (Å²) in [4.78, 5) is 0. The minimum atomic E-state index is -0.164. The first-order chi connectivity index (χ1) is 8.29. The molecule has 0 N–H and O–H groups in total. The van der Waals surface area contributed by atoms with Crippen molar-refractivity contribution in [2.75, 3.05) is 0 Å². The summed E-state index contributed by atoms with van der Waals surface area (Å²) in [6.07, 6.45) is 3.06. The van der Waals surface area contributed by atoms with E-state index in [1.54, 1.807) is 0 Å². The van der Waals surface area contributed by atoms with Crippen molar-refractivity contribution in [1.29, 1.82) is 0 Å². The average molecular weight is 228 g/mol. The quantitative estimate of drug-likeness (QED) is 0.736. The lowest BCUT2D eigenvalue weighted by Gasteiger charge is -2.07. The second-order valence-corrected chi connectivity index (χ2v) is 4.25. The van der Waals surface area contributed by atoms with Gasteiger partial charge in [0.25, 0.3) is 0 Å². The zero-order valence-electron chi connectivity index (χ0n) is 10.1. The number of halogens is 1. The minimum absolute atomic E-state index is 0.164. The number of hydrogen-bond donors (Lipinski definition) is 0. The molecule has 0 saturated carbocycles. The van der Waals surface area contributed by atoms with E-state index in [4.69, 9.17) is 0 Å². The van der Waals surface area contributed by atoms with E-state index in [-0.39, 0.29) is 5.82 Å². The van der Waals surface area contributed by atoms with Gasteiger partial charge in [-0.25, -0.2) is 4.39 Å². The Morgan fingerprint density at radius 2 is 1.47 bits per heavy atom. The van der Waals surface area contributed by atoms with E-state index >= 15 is 0 Å². The number of aryl methyl sites for hydroxylation is 3.